The van der Waals surface area contributed by atoms with Crippen molar-refractivity contribution in [1.82, 2.24) is 20.2 Å². The molecule has 0 bridgehead atoms. The van der Waals surface area contributed by atoms with Gasteiger partial charge in [0.2, 0.25) is 5.82 Å². The average Bonchev–Trinajstić information content (AvgIpc) is 3.18. The fraction of sp³-hybridized carbons (Fsp3) is 0.125. The van der Waals surface area contributed by atoms with E-state index in [0.29, 0.717) is 17.7 Å². The Bertz CT molecular complexity index is 836. The highest BCUT2D eigenvalue weighted by atomic mass is 16.3. The van der Waals surface area contributed by atoms with E-state index < -0.39 is 0 Å². The molecule has 0 saturated heterocycles. The largest absolute Gasteiger partial charge is 0.504 e. The summed E-state index contributed by atoms with van der Waals surface area (Å²) in [6, 6.07) is 3.75. The van der Waals surface area contributed by atoms with Gasteiger partial charge in [0, 0.05) is 30.5 Å². The van der Waals surface area contributed by atoms with Crippen LogP contribution < -0.4 is 0 Å². The molecule has 0 unspecified atom stereocenters. The van der Waals surface area contributed by atoms with Crippen LogP contribution in [0.15, 0.2) is 47.6 Å². The topological polar surface area (TPSA) is 105 Å². The number of carbonyl (C=O) groups excluding carboxylic acids is 1. The van der Waals surface area contributed by atoms with Crippen molar-refractivity contribution in [3.05, 3.63) is 71.5 Å². The molecule has 0 atom stereocenters. The van der Waals surface area contributed by atoms with E-state index in [1.165, 1.54) is 6.33 Å². The molecule has 0 aromatic carbocycles. The third kappa shape index (κ3) is 3.18. The van der Waals surface area contributed by atoms with Crippen LogP contribution in [0.25, 0.3) is 5.76 Å². The molecule has 7 nitrogen and oxygen atoms in total. The highest BCUT2D eigenvalue weighted by Gasteiger charge is 2.18. The minimum Gasteiger partial charge on any atom is -0.504 e. The molecule has 0 spiro atoms. The smallest absolute Gasteiger partial charge is 0.215 e. The minimum atomic E-state index is -0.359. The lowest BCUT2D eigenvalue weighted by molar-refractivity contribution is 0.104. The molecule has 3 aromatic rings. The molecule has 0 amide bonds. The molecule has 2 N–H and O–H groups in total. The Kier molecular flexibility index (Phi) is 4.01. The van der Waals surface area contributed by atoms with E-state index in [-0.39, 0.29) is 17.4 Å². The number of aromatic amines is 1. The van der Waals surface area contributed by atoms with Gasteiger partial charge in [-0.15, -0.1) is 0 Å². The number of pyridine rings is 1. The van der Waals surface area contributed by atoms with Gasteiger partial charge in [-0.25, -0.2) is 4.98 Å². The summed E-state index contributed by atoms with van der Waals surface area (Å²) in [6.45, 7) is 1.71. The Morgan fingerprint density at radius 2 is 2.17 bits per heavy atom. The van der Waals surface area contributed by atoms with Gasteiger partial charge in [-0.05, 0) is 24.6 Å². The highest BCUT2D eigenvalue weighted by molar-refractivity contribution is 6.09. The molecule has 23 heavy (non-hydrogen) atoms. The number of hydrogen-bond acceptors (Lipinski definition) is 6. The summed E-state index contributed by atoms with van der Waals surface area (Å²) < 4.78 is 5.38. The lowest BCUT2D eigenvalue weighted by Gasteiger charge is -2.02. The van der Waals surface area contributed by atoms with E-state index in [4.69, 9.17) is 4.42 Å². The molecule has 0 saturated carbocycles. The van der Waals surface area contributed by atoms with Crippen LogP contribution in [0.4, 0.5) is 0 Å². The number of nitrogens with zero attached hydrogens (tertiary/aromatic N) is 3. The van der Waals surface area contributed by atoms with Gasteiger partial charge < -0.3 is 9.52 Å². The molecule has 3 rings (SSSR count). The van der Waals surface area contributed by atoms with Crippen LogP contribution >= 0.6 is 0 Å². The predicted octanol–water partition coefficient (Wildman–Crippen LogP) is 2.47. The molecular weight excluding hydrogens is 296 g/mol. The third-order valence-electron chi connectivity index (χ3n) is 3.35. The molecule has 116 valence electrons. The Hall–Kier alpha value is -3.22. The van der Waals surface area contributed by atoms with Gasteiger partial charge in [-0.3, -0.25) is 14.9 Å². The maximum atomic E-state index is 12.5. The second-order valence-electron chi connectivity index (χ2n) is 4.94. The Balaban J connectivity index is 1.89. The number of carbonyl (C=O) groups is 1. The fourth-order valence-corrected chi connectivity index (χ4v) is 2.28. The maximum absolute atomic E-state index is 12.5. The van der Waals surface area contributed by atoms with E-state index in [1.54, 1.807) is 25.6 Å². The van der Waals surface area contributed by atoms with Gasteiger partial charge in [0.25, 0.3) is 0 Å². The van der Waals surface area contributed by atoms with Gasteiger partial charge in [0.1, 0.15) is 12.1 Å². The van der Waals surface area contributed by atoms with E-state index >= 15 is 0 Å². The summed E-state index contributed by atoms with van der Waals surface area (Å²) in [6.07, 6.45) is 7.90. The summed E-state index contributed by atoms with van der Waals surface area (Å²) in [5.41, 5.74) is 2.19. The standard InChI is InChI=1S/C16H14N4O3/c1-10-15(13(21)7-14(22)16-18-9-19-20-16)12(8-23-10)6-11-2-4-17-5-3-11/h2-5,7-9,22H,6H2,1H3,(H,18,19,20). The summed E-state index contributed by atoms with van der Waals surface area (Å²) in [7, 11) is 0. The van der Waals surface area contributed by atoms with Crippen molar-refractivity contribution >= 4 is 11.5 Å². The van der Waals surface area contributed by atoms with Crippen molar-refractivity contribution in [3.63, 3.8) is 0 Å². The first-order valence-electron chi connectivity index (χ1n) is 6.92. The zero-order chi connectivity index (χ0) is 16.2. The van der Waals surface area contributed by atoms with E-state index in [1.807, 2.05) is 12.1 Å². The molecule has 0 radical (unpaired) electrons. The van der Waals surface area contributed by atoms with Crippen LogP contribution in [0, 0.1) is 6.92 Å². The summed E-state index contributed by atoms with van der Waals surface area (Å²) in [4.78, 5) is 20.2. The number of furan rings is 1. The molecule has 0 aliphatic carbocycles. The normalized spacial score (nSPS) is 11.6. The summed E-state index contributed by atoms with van der Waals surface area (Å²) in [5.74, 6) is -0.0948. The van der Waals surface area contributed by atoms with Gasteiger partial charge in [0.05, 0.1) is 11.8 Å². The van der Waals surface area contributed by atoms with Crippen molar-refractivity contribution in [2.24, 2.45) is 0 Å². The lowest BCUT2D eigenvalue weighted by atomic mass is 10.00. The SMILES string of the molecule is Cc1occ(Cc2ccncc2)c1C(=O)C=C(O)c1nc[nH]n1. The number of aromatic nitrogens is 4. The van der Waals surface area contributed by atoms with Gasteiger partial charge >= 0.3 is 0 Å². The van der Waals surface area contributed by atoms with Gasteiger partial charge in [-0.2, -0.15) is 5.10 Å². The van der Waals surface area contributed by atoms with Crippen LogP contribution in [0.5, 0.6) is 0 Å². The second-order valence-corrected chi connectivity index (χ2v) is 4.94. The maximum Gasteiger partial charge on any atom is 0.215 e. The van der Waals surface area contributed by atoms with E-state index in [0.717, 1.165) is 17.2 Å². The van der Waals surface area contributed by atoms with Crippen LogP contribution in [0.1, 0.15) is 33.1 Å². The highest BCUT2D eigenvalue weighted by Crippen LogP contribution is 2.22. The number of aliphatic hydroxyl groups is 1. The average molecular weight is 310 g/mol. The number of nitrogens with one attached hydrogen (secondary N) is 1. The van der Waals surface area contributed by atoms with Crippen molar-refractivity contribution < 1.29 is 14.3 Å². The molecule has 3 aromatic heterocycles. The summed E-state index contributed by atoms with van der Waals surface area (Å²) >= 11 is 0. The zero-order valence-electron chi connectivity index (χ0n) is 12.4. The van der Waals surface area contributed by atoms with Crippen LogP contribution in [-0.4, -0.2) is 31.1 Å². The third-order valence-corrected chi connectivity index (χ3v) is 3.35. The van der Waals surface area contributed by atoms with Crippen molar-refractivity contribution in [1.29, 1.82) is 0 Å². The van der Waals surface area contributed by atoms with Gasteiger partial charge in [0.15, 0.2) is 11.5 Å². The first-order valence-corrected chi connectivity index (χ1v) is 6.92. The first-order chi connectivity index (χ1) is 11.1. The predicted molar refractivity (Wildman–Crippen MR) is 81.8 cm³/mol. The van der Waals surface area contributed by atoms with Crippen LogP contribution in [0.2, 0.25) is 0 Å². The number of rotatable bonds is 5. The van der Waals surface area contributed by atoms with Crippen molar-refractivity contribution in [3.8, 4) is 0 Å². The Morgan fingerprint density at radius 1 is 1.39 bits per heavy atom. The molecule has 0 fully saturated rings. The number of hydrogen-bond donors (Lipinski definition) is 2. The molecule has 0 aliphatic rings. The molecule has 0 aliphatic heterocycles. The number of allylic oxidation sites excluding steroid dienone is 1. The van der Waals surface area contributed by atoms with Crippen LogP contribution in [0.3, 0.4) is 0 Å². The molecule has 7 heteroatoms. The Morgan fingerprint density at radius 3 is 2.87 bits per heavy atom. The minimum absolute atomic E-state index is 0.0650. The monoisotopic (exact) mass is 310 g/mol. The molecule has 3 heterocycles. The number of H-pyrrole nitrogens is 1. The van der Waals surface area contributed by atoms with E-state index in [9.17, 15) is 9.90 Å². The zero-order valence-corrected chi connectivity index (χ0v) is 12.4. The number of ketones is 1. The van der Waals surface area contributed by atoms with Crippen molar-refractivity contribution in [2.45, 2.75) is 13.3 Å². The van der Waals surface area contributed by atoms with Crippen molar-refractivity contribution in [2.75, 3.05) is 0 Å². The lowest BCUT2D eigenvalue weighted by Crippen LogP contribution is -2.02. The molecular formula is C16H14N4O3. The first kappa shape index (κ1) is 14.7. The summed E-state index contributed by atoms with van der Waals surface area (Å²) in [5, 5.41) is 16.1. The van der Waals surface area contributed by atoms with E-state index in [2.05, 4.69) is 20.2 Å². The fourth-order valence-electron chi connectivity index (χ4n) is 2.28. The van der Waals surface area contributed by atoms with Gasteiger partial charge in [-0.1, -0.05) is 0 Å². The quantitative estimate of drug-likeness (QED) is 0.426. The second kappa shape index (κ2) is 6.27. The number of aryl methyl sites for hydroxylation is 1. The van der Waals surface area contributed by atoms with Crippen LogP contribution in [-0.2, 0) is 6.42 Å². The Labute approximate surface area is 131 Å². The number of aliphatic hydroxyl groups excluding tert-OH is 1.